The van der Waals surface area contributed by atoms with Gasteiger partial charge in [0, 0.05) is 37.5 Å². The Morgan fingerprint density at radius 1 is 1.27 bits per heavy atom. The second-order valence-corrected chi connectivity index (χ2v) is 6.28. The Balaban J connectivity index is 1.81. The summed E-state index contributed by atoms with van der Waals surface area (Å²) in [7, 11) is 1.84. The van der Waals surface area contributed by atoms with Gasteiger partial charge in [0.1, 0.15) is 22.9 Å². The summed E-state index contributed by atoms with van der Waals surface area (Å²) < 4.78 is 13.6. The fourth-order valence-electron chi connectivity index (χ4n) is 2.74. The normalized spacial score (nSPS) is 16.5. The minimum absolute atomic E-state index is 0.000630. The van der Waals surface area contributed by atoms with Crippen LogP contribution in [-0.2, 0) is 7.05 Å². The van der Waals surface area contributed by atoms with Gasteiger partial charge >= 0.3 is 0 Å². The monoisotopic (exact) mass is 352 g/mol. The van der Waals surface area contributed by atoms with E-state index >= 15 is 0 Å². The van der Waals surface area contributed by atoms with Crippen LogP contribution < -0.4 is 14.8 Å². The van der Waals surface area contributed by atoms with E-state index in [0.717, 1.165) is 23.3 Å². The molecule has 1 atom stereocenters. The summed E-state index contributed by atoms with van der Waals surface area (Å²) in [5, 5.41) is 7.54. The molecule has 4 rings (SSSR count). The standard InChI is InChI=1S/C18H20N6O2/c1-11-9-20-17-14-10-21-24(3)18(14)25-7-5-12(2)26-13-4-6-19-15(8-13)22-16(11)23-17/h4,6,8-10,12H,5,7H2,1-3H3,(H,19,20,22,23)/t12-/m0/s1. The first-order valence-electron chi connectivity index (χ1n) is 8.48. The van der Waals surface area contributed by atoms with Gasteiger partial charge in [0.25, 0.3) is 0 Å². The van der Waals surface area contributed by atoms with Crippen LogP contribution in [0.4, 0.5) is 11.6 Å². The molecule has 0 aliphatic carbocycles. The highest BCUT2D eigenvalue weighted by Crippen LogP contribution is 2.29. The fourth-order valence-corrected chi connectivity index (χ4v) is 2.74. The van der Waals surface area contributed by atoms with Gasteiger partial charge in [0.15, 0.2) is 5.82 Å². The summed E-state index contributed by atoms with van der Waals surface area (Å²) in [6.07, 6.45) is 5.93. The molecule has 8 nitrogen and oxygen atoms in total. The largest absolute Gasteiger partial charge is 0.490 e. The molecule has 1 aliphatic rings. The number of aromatic nitrogens is 5. The van der Waals surface area contributed by atoms with Crippen molar-refractivity contribution in [2.24, 2.45) is 7.05 Å². The molecule has 3 aromatic heterocycles. The molecule has 4 bridgehead atoms. The van der Waals surface area contributed by atoms with E-state index in [1.54, 1.807) is 23.3 Å². The van der Waals surface area contributed by atoms with E-state index in [4.69, 9.17) is 9.47 Å². The van der Waals surface area contributed by atoms with Crippen molar-refractivity contribution >= 4 is 11.6 Å². The maximum Gasteiger partial charge on any atom is 0.222 e. The molecular weight excluding hydrogens is 332 g/mol. The SMILES string of the molecule is Cc1cnc2nc1Nc1cc(ccn1)O[C@@H](C)CCOc1c-2cnn1C. The van der Waals surface area contributed by atoms with Crippen LogP contribution >= 0.6 is 0 Å². The Morgan fingerprint density at radius 2 is 2.15 bits per heavy atom. The molecule has 3 aromatic rings. The first-order valence-corrected chi connectivity index (χ1v) is 8.48. The minimum atomic E-state index is 0.000630. The van der Waals surface area contributed by atoms with Gasteiger partial charge in [-0.1, -0.05) is 0 Å². The average Bonchev–Trinajstić information content (AvgIpc) is 2.97. The molecule has 1 N–H and O–H groups in total. The number of pyridine rings is 1. The van der Waals surface area contributed by atoms with Crippen molar-refractivity contribution in [1.82, 2.24) is 24.7 Å². The first-order chi connectivity index (χ1) is 12.6. The lowest BCUT2D eigenvalue weighted by Crippen LogP contribution is -2.17. The van der Waals surface area contributed by atoms with Gasteiger partial charge in [0.05, 0.1) is 18.9 Å². The second-order valence-electron chi connectivity index (χ2n) is 6.28. The van der Waals surface area contributed by atoms with E-state index in [1.165, 1.54) is 0 Å². The van der Waals surface area contributed by atoms with Crippen LogP contribution in [0, 0.1) is 6.92 Å². The molecule has 0 unspecified atom stereocenters. The Kier molecular flexibility index (Phi) is 4.16. The van der Waals surface area contributed by atoms with Crippen LogP contribution in [0.1, 0.15) is 18.9 Å². The van der Waals surface area contributed by atoms with Gasteiger partial charge < -0.3 is 14.8 Å². The summed E-state index contributed by atoms with van der Waals surface area (Å²) in [5.41, 5.74) is 1.66. The molecule has 134 valence electrons. The molecule has 4 heterocycles. The minimum Gasteiger partial charge on any atom is -0.490 e. The van der Waals surface area contributed by atoms with Crippen LogP contribution in [0.15, 0.2) is 30.7 Å². The van der Waals surface area contributed by atoms with Crippen LogP contribution in [0.3, 0.4) is 0 Å². The van der Waals surface area contributed by atoms with Crippen molar-refractivity contribution in [2.75, 3.05) is 11.9 Å². The van der Waals surface area contributed by atoms with Crippen LogP contribution in [-0.4, -0.2) is 37.4 Å². The average molecular weight is 352 g/mol. The molecular formula is C18H20N6O2. The smallest absolute Gasteiger partial charge is 0.222 e. The molecule has 0 amide bonds. The van der Waals surface area contributed by atoms with Crippen LogP contribution in [0.25, 0.3) is 11.4 Å². The Labute approximate surface area is 151 Å². The molecule has 0 saturated carbocycles. The zero-order valence-electron chi connectivity index (χ0n) is 14.9. The molecule has 8 heteroatoms. The zero-order chi connectivity index (χ0) is 18.1. The molecule has 0 saturated heterocycles. The highest BCUT2D eigenvalue weighted by atomic mass is 16.5. The zero-order valence-corrected chi connectivity index (χ0v) is 14.9. The van der Waals surface area contributed by atoms with Crippen molar-refractivity contribution in [1.29, 1.82) is 0 Å². The van der Waals surface area contributed by atoms with Gasteiger partial charge in [-0.25, -0.2) is 19.6 Å². The number of anilines is 2. The molecule has 26 heavy (non-hydrogen) atoms. The predicted octanol–water partition coefficient (Wildman–Crippen LogP) is 2.87. The van der Waals surface area contributed by atoms with Crippen LogP contribution in [0.5, 0.6) is 11.6 Å². The molecule has 0 aromatic carbocycles. The summed E-state index contributed by atoms with van der Waals surface area (Å²) in [6.45, 7) is 4.46. The maximum atomic E-state index is 5.97. The summed E-state index contributed by atoms with van der Waals surface area (Å²) >= 11 is 0. The highest BCUT2D eigenvalue weighted by Gasteiger charge is 2.18. The van der Waals surface area contributed by atoms with E-state index < -0.39 is 0 Å². The van der Waals surface area contributed by atoms with E-state index in [1.807, 2.05) is 33.0 Å². The number of rotatable bonds is 0. The highest BCUT2D eigenvalue weighted by molar-refractivity contribution is 5.65. The van der Waals surface area contributed by atoms with Crippen molar-refractivity contribution in [2.45, 2.75) is 26.4 Å². The number of nitrogens with zero attached hydrogens (tertiary/aromatic N) is 5. The predicted molar refractivity (Wildman–Crippen MR) is 96.7 cm³/mol. The van der Waals surface area contributed by atoms with Gasteiger partial charge in [-0.3, -0.25) is 0 Å². The van der Waals surface area contributed by atoms with Gasteiger partial charge in [-0.15, -0.1) is 0 Å². The summed E-state index contributed by atoms with van der Waals surface area (Å²) in [6, 6.07) is 3.70. The topological polar surface area (TPSA) is 87.0 Å². The number of hydrogen-bond acceptors (Lipinski definition) is 7. The van der Waals surface area contributed by atoms with Crippen LogP contribution in [0.2, 0.25) is 0 Å². The number of nitrogens with one attached hydrogen (secondary N) is 1. The molecule has 1 aliphatic heterocycles. The van der Waals surface area contributed by atoms with Gasteiger partial charge in [-0.05, 0) is 19.9 Å². The Hall–Kier alpha value is -3.16. The molecule has 0 spiro atoms. The first kappa shape index (κ1) is 16.3. The van der Waals surface area contributed by atoms with Crippen molar-refractivity contribution in [3.8, 4) is 23.0 Å². The van der Waals surface area contributed by atoms with Crippen molar-refractivity contribution in [3.63, 3.8) is 0 Å². The van der Waals surface area contributed by atoms with E-state index in [0.29, 0.717) is 29.9 Å². The second kappa shape index (κ2) is 6.62. The van der Waals surface area contributed by atoms with E-state index in [2.05, 4.69) is 25.4 Å². The summed E-state index contributed by atoms with van der Waals surface area (Å²) in [4.78, 5) is 13.5. The number of fused-ring (bicyclic) bond motifs is 6. The number of ether oxygens (including phenoxy) is 2. The molecule has 0 fully saturated rings. The Bertz CT molecular complexity index is 939. The van der Waals surface area contributed by atoms with Gasteiger partial charge in [0.2, 0.25) is 5.88 Å². The third-order valence-electron chi connectivity index (χ3n) is 4.18. The lowest BCUT2D eigenvalue weighted by atomic mass is 10.2. The molecule has 0 radical (unpaired) electrons. The summed E-state index contributed by atoms with van der Waals surface area (Å²) in [5.74, 6) is 3.29. The lowest BCUT2D eigenvalue weighted by molar-refractivity contribution is 0.172. The van der Waals surface area contributed by atoms with E-state index in [-0.39, 0.29) is 6.10 Å². The fraction of sp³-hybridized carbons (Fsp3) is 0.333. The third-order valence-corrected chi connectivity index (χ3v) is 4.18. The van der Waals surface area contributed by atoms with Gasteiger partial charge in [-0.2, -0.15) is 5.10 Å². The third kappa shape index (κ3) is 3.17. The Morgan fingerprint density at radius 3 is 3.04 bits per heavy atom. The lowest BCUT2D eigenvalue weighted by Gasteiger charge is -2.17. The maximum absolute atomic E-state index is 5.97. The van der Waals surface area contributed by atoms with E-state index in [9.17, 15) is 0 Å². The quantitative estimate of drug-likeness (QED) is 0.665. The number of hydrogen-bond donors (Lipinski definition) is 1. The number of aryl methyl sites for hydroxylation is 2. The van der Waals surface area contributed by atoms with Crippen molar-refractivity contribution in [3.05, 3.63) is 36.3 Å². The van der Waals surface area contributed by atoms with Crippen molar-refractivity contribution < 1.29 is 9.47 Å².